The Morgan fingerprint density at radius 3 is 2.35 bits per heavy atom. The summed E-state index contributed by atoms with van der Waals surface area (Å²) in [5.41, 5.74) is 7.76. The minimum Gasteiger partial charge on any atom is -0.399 e. The Labute approximate surface area is 120 Å². The normalized spacial score (nSPS) is 13.1. The first kappa shape index (κ1) is 14.6. The number of hydrogen-bond acceptors (Lipinski definition) is 3. The van der Waals surface area contributed by atoms with Gasteiger partial charge in [-0.3, -0.25) is 0 Å². The molecule has 0 fully saturated rings. The lowest BCUT2D eigenvalue weighted by molar-refractivity contribution is 0.578. The Balaban J connectivity index is 2.56. The molecule has 0 aliphatic rings. The molecule has 3 nitrogen and oxygen atoms in total. The van der Waals surface area contributed by atoms with Gasteiger partial charge in [0, 0.05) is 5.69 Å². The molecular formula is C16H19NO2S. The zero-order valence-electron chi connectivity index (χ0n) is 11.7. The monoisotopic (exact) mass is 289 g/mol. The summed E-state index contributed by atoms with van der Waals surface area (Å²) in [5, 5.41) is -0.538. The van der Waals surface area contributed by atoms with Gasteiger partial charge in [-0.1, -0.05) is 43.3 Å². The number of hydrogen-bond donors (Lipinski definition) is 1. The highest BCUT2D eigenvalue weighted by Crippen LogP contribution is 2.33. The molecule has 4 heteroatoms. The van der Waals surface area contributed by atoms with Crippen molar-refractivity contribution in [3.63, 3.8) is 0 Å². The van der Waals surface area contributed by atoms with E-state index in [4.69, 9.17) is 5.73 Å². The van der Waals surface area contributed by atoms with Crippen molar-refractivity contribution in [2.45, 2.75) is 30.4 Å². The van der Waals surface area contributed by atoms with Crippen molar-refractivity contribution in [1.82, 2.24) is 0 Å². The Kier molecular flexibility index (Phi) is 4.14. The van der Waals surface area contributed by atoms with Gasteiger partial charge in [-0.05, 0) is 36.6 Å². The molecule has 0 saturated heterocycles. The molecule has 0 bridgehead atoms. The number of benzene rings is 2. The zero-order chi connectivity index (χ0) is 14.8. The van der Waals surface area contributed by atoms with Crippen molar-refractivity contribution < 1.29 is 8.42 Å². The predicted octanol–water partition coefficient (Wildman–Crippen LogP) is 3.50. The van der Waals surface area contributed by atoms with Gasteiger partial charge in [0.1, 0.15) is 0 Å². The summed E-state index contributed by atoms with van der Waals surface area (Å²) in [5.74, 6) is 0. The quantitative estimate of drug-likeness (QED) is 0.876. The first-order valence-electron chi connectivity index (χ1n) is 6.61. The van der Waals surface area contributed by atoms with E-state index in [0.717, 1.165) is 11.1 Å². The highest BCUT2D eigenvalue weighted by molar-refractivity contribution is 7.91. The van der Waals surface area contributed by atoms with Crippen molar-refractivity contribution in [2.75, 3.05) is 5.73 Å². The predicted molar refractivity (Wildman–Crippen MR) is 82.3 cm³/mol. The maximum Gasteiger partial charge on any atom is 0.185 e. The van der Waals surface area contributed by atoms with Gasteiger partial charge < -0.3 is 5.73 Å². The second kappa shape index (κ2) is 5.67. The average Bonchev–Trinajstić information content (AvgIpc) is 2.43. The standard InChI is InChI=1S/C16H19NO2S/c1-3-15(13-7-5-4-6-8-13)20(18,19)16-11-14(17)10-9-12(16)2/h4-11,15H,3,17H2,1-2H3. The fourth-order valence-corrected chi connectivity index (χ4v) is 4.46. The molecule has 0 aromatic heterocycles. The van der Waals surface area contributed by atoms with Crippen molar-refractivity contribution in [3.05, 3.63) is 59.7 Å². The van der Waals surface area contributed by atoms with E-state index in [-0.39, 0.29) is 0 Å². The van der Waals surface area contributed by atoms with E-state index in [1.165, 1.54) is 0 Å². The van der Waals surface area contributed by atoms with Crippen LogP contribution < -0.4 is 5.73 Å². The Hall–Kier alpha value is -1.81. The van der Waals surface area contributed by atoms with Crippen LogP contribution in [0.1, 0.15) is 29.7 Å². The lowest BCUT2D eigenvalue weighted by Gasteiger charge is -2.18. The van der Waals surface area contributed by atoms with Crippen LogP contribution in [0, 0.1) is 6.92 Å². The van der Waals surface area contributed by atoms with Crippen molar-refractivity contribution >= 4 is 15.5 Å². The van der Waals surface area contributed by atoms with Gasteiger partial charge in [-0.25, -0.2) is 8.42 Å². The van der Waals surface area contributed by atoms with Crippen LogP contribution in [0.25, 0.3) is 0 Å². The maximum absolute atomic E-state index is 12.9. The number of nitrogens with two attached hydrogens (primary N) is 1. The molecule has 0 radical (unpaired) electrons. The Bertz CT molecular complexity index is 694. The average molecular weight is 289 g/mol. The summed E-state index contributed by atoms with van der Waals surface area (Å²) in [6, 6.07) is 14.3. The van der Waals surface area contributed by atoms with Crippen LogP contribution in [0.4, 0.5) is 5.69 Å². The minimum absolute atomic E-state index is 0.327. The van der Waals surface area contributed by atoms with E-state index >= 15 is 0 Å². The molecule has 1 atom stereocenters. The molecule has 0 amide bonds. The fraction of sp³-hybridized carbons (Fsp3) is 0.250. The van der Waals surface area contributed by atoms with Crippen molar-refractivity contribution in [3.8, 4) is 0 Å². The topological polar surface area (TPSA) is 60.2 Å². The van der Waals surface area contributed by atoms with Gasteiger partial charge in [0.2, 0.25) is 0 Å². The summed E-state index contributed by atoms with van der Waals surface area (Å²) in [6.45, 7) is 3.68. The SMILES string of the molecule is CCC(c1ccccc1)S(=O)(=O)c1cc(N)ccc1C. The first-order valence-corrected chi connectivity index (χ1v) is 8.16. The molecule has 2 aromatic carbocycles. The van der Waals surface area contributed by atoms with Gasteiger partial charge in [0.15, 0.2) is 9.84 Å². The Morgan fingerprint density at radius 1 is 1.10 bits per heavy atom. The molecule has 2 N–H and O–H groups in total. The molecule has 2 aromatic rings. The van der Waals surface area contributed by atoms with Gasteiger partial charge in [-0.2, -0.15) is 0 Å². The third-order valence-electron chi connectivity index (χ3n) is 3.44. The molecular weight excluding hydrogens is 270 g/mol. The number of sulfone groups is 1. The highest BCUT2D eigenvalue weighted by atomic mass is 32.2. The van der Waals surface area contributed by atoms with E-state index in [1.807, 2.05) is 37.3 Å². The largest absolute Gasteiger partial charge is 0.399 e. The van der Waals surface area contributed by atoms with Gasteiger partial charge in [0.25, 0.3) is 0 Å². The summed E-state index contributed by atoms with van der Waals surface area (Å²) >= 11 is 0. The Morgan fingerprint density at radius 2 is 1.75 bits per heavy atom. The molecule has 20 heavy (non-hydrogen) atoms. The summed E-state index contributed by atoms with van der Waals surface area (Å²) in [7, 11) is -3.44. The molecule has 0 spiro atoms. The van der Waals surface area contributed by atoms with E-state index in [0.29, 0.717) is 17.0 Å². The van der Waals surface area contributed by atoms with Crippen LogP contribution in [0.5, 0.6) is 0 Å². The second-order valence-electron chi connectivity index (χ2n) is 4.88. The van der Waals surface area contributed by atoms with Crippen molar-refractivity contribution in [2.24, 2.45) is 0 Å². The van der Waals surface area contributed by atoms with E-state index in [1.54, 1.807) is 25.1 Å². The highest BCUT2D eigenvalue weighted by Gasteiger charge is 2.28. The molecule has 0 heterocycles. The number of rotatable bonds is 4. The van der Waals surface area contributed by atoms with E-state index in [2.05, 4.69) is 0 Å². The summed E-state index contributed by atoms with van der Waals surface area (Å²) in [6.07, 6.45) is 0.528. The van der Waals surface area contributed by atoms with Crippen LogP contribution in [-0.4, -0.2) is 8.42 Å². The third kappa shape index (κ3) is 2.70. The van der Waals surface area contributed by atoms with Crippen LogP contribution in [0.2, 0.25) is 0 Å². The summed E-state index contributed by atoms with van der Waals surface area (Å²) < 4.78 is 25.8. The van der Waals surface area contributed by atoms with Gasteiger partial charge in [-0.15, -0.1) is 0 Å². The lowest BCUT2D eigenvalue weighted by Crippen LogP contribution is -2.14. The molecule has 106 valence electrons. The molecule has 1 unspecified atom stereocenters. The second-order valence-corrected chi connectivity index (χ2v) is 6.98. The molecule has 2 rings (SSSR count). The smallest absolute Gasteiger partial charge is 0.185 e. The first-order chi connectivity index (χ1) is 9.46. The summed E-state index contributed by atoms with van der Waals surface area (Å²) in [4.78, 5) is 0.327. The van der Waals surface area contributed by atoms with E-state index in [9.17, 15) is 8.42 Å². The minimum atomic E-state index is -3.44. The lowest BCUT2D eigenvalue weighted by atomic mass is 10.1. The number of anilines is 1. The zero-order valence-corrected chi connectivity index (χ0v) is 12.5. The van der Waals surface area contributed by atoms with Crippen LogP contribution >= 0.6 is 0 Å². The third-order valence-corrected chi connectivity index (χ3v) is 5.84. The van der Waals surface area contributed by atoms with Crippen molar-refractivity contribution in [1.29, 1.82) is 0 Å². The van der Waals surface area contributed by atoms with E-state index < -0.39 is 15.1 Å². The fourth-order valence-electron chi connectivity index (χ4n) is 2.38. The van der Waals surface area contributed by atoms with Crippen LogP contribution in [0.15, 0.2) is 53.4 Å². The van der Waals surface area contributed by atoms with Gasteiger partial charge in [0.05, 0.1) is 10.1 Å². The number of aryl methyl sites for hydroxylation is 1. The number of nitrogen functional groups attached to an aromatic ring is 1. The van der Waals surface area contributed by atoms with Gasteiger partial charge >= 0.3 is 0 Å². The molecule has 0 saturated carbocycles. The van der Waals surface area contributed by atoms with Crippen LogP contribution in [0.3, 0.4) is 0 Å². The maximum atomic E-state index is 12.9. The molecule has 0 aliphatic carbocycles. The molecule has 0 aliphatic heterocycles. The van der Waals surface area contributed by atoms with Crippen LogP contribution in [-0.2, 0) is 9.84 Å².